The van der Waals surface area contributed by atoms with Gasteiger partial charge in [-0.3, -0.25) is 0 Å². The highest BCUT2D eigenvalue weighted by atomic mass is 14.9. The van der Waals surface area contributed by atoms with Crippen molar-refractivity contribution in [3.05, 3.63) is 53.2 Å². The van der Waals surface area contributed by atoms with Gasteiger partial charge in [-0.1, -0.05) is 25.1 Å². The molecule has 0 saturated heterocycles. The van der Waals surface area contributed by atoms with Gasteiger partial charge in [0, 0.05) is 16.7 Å². The van der Waals surface area contributed by atoms with Crippen molar-refractivity contribution in [3.8, 4) is 11.3 Å². The van der Waals surface area contributed by atoms with Crippen molar-refractivity contribution >= 4 is 0 Å². The number of aromatic nitrogens is 1. The van der Waals surface area contributed by atoms with Crippen molar-refractivity contribution in [1.82, 2.24) is 0 Å². The van der Waals surface area contributed by atoms with E-state index in [4.69, 9.17) is 0 Å². The summed E-state index contributed by atoms with van der Waals surface area (Å²) in [6.07, 6.45) is 3.32. The second kappa shape index (κ2) is 4.70. The molecule has 1 aromatic carbocycles. The predicted molar refractivity (Wildman–Crippen MR) is 71.9 cm³/mol. The van der Waals surface area contributed by atoms with Gasteiger partial charge in [0.1, 0.15) is 7.05 Å². The zero-order chi connectivity index (χ0) is 12.4. The van der Waals surface area contributed by atoms with E-state index < -0.39 is 0 Å². The van der Waals surface area contributed by atoms with Crippen LogP contribution in [0.3, 0.4) is 0 Å². The molecule has 1 heteroatoms. The summed E-state index contributed by atoms with van der Waals surface area (Å²) in [7, 11) is 2.13. The van der Waals surface area contributed by atoms with Crippen LogP contribution in [0.25, 0.3) is 11.3 Å². The number of hydrogen-bond donors (Lipinski definition) is 0. The van der Waals surface area contributed by atoms with Crippen molar-refractivity contribution < 1.29 is 4.57 Å². The van der Waals surface area contributed by atoms with Gasteiger partial charge in [-0.15, -0.1) is 0 Å². The number of pyridine rings is 1. The molecule has 0 amide bonds. The normalized spacial score (nSPS) is 10.6. The predicted octanol–water partition coefficient (Wildman–Crippen LogP) is 3.36. The first-order valence-electron chi connectivity index (χ1n) is 6.18. The molecule has 88 valence electrons. The Morgan fingerprint density at radius 3 is 2.35 bits per heavy atom. The molecule has 0 bridgehead atoms. The number of aryl methyl sites for hydroxylation is 4. The van der Waals surface area contributed by atoms with E-state index in [2.05, 4.69) is 68.9 Å². The lowest BCUT2D eigenvalue weighted by Gasteiger charge is -2.08. The van der Waals surface area contributed by atoms with Gasteiger partial charge < -0.3 is 0 Å². The Morgan fingerprint density at radius 2 is 1.76 bits per heavy atom. The van der Waals surface area contributed by atoms with Gasteiger partial charge in [-0.25, -0.2) is 4.57 Å². The van der Waals surface area contributed by atoms with Crippen molar-refractivity contribution in [2.75, 3.05) is 0 Å². The Kier molecular flexibility index (Phi) is 3.28. The van der Waals surface area contributed by atoms with Gasteiger partial charge in [-0.05, 0) is 38.0 Å². The van der Waals surface area contributed by atoms with E-state index in [0.717, 1.165) is 6.42 Å². The molecule has 0 fully saturated rings. The van der Waals surface area contributed by atoms with Gasteiger partial charge in [0.2, 0.25) is 5.69 Å². The van der Waals surface area contributed by atoms with Crippen LogP contribution in [0.15, 0.2) is 36.5 Å². The summed E-state index contributed by atoms with van der Waals surface area (Å²) in [5, 5.41) is 0. The fraction of sp³-hybridized carbons (Fsp3) is 0.312. The fourth-order valence-electron chi connectivity index (χ4n) is 2.41. The molecule has 1 aromatic heterocycles. The van der Waals surface area contributed by atoms with Crippen LogP contribution in [0.5, 0.6) is 0 Å². The van der Waals surface area contributed by atoms with E-state index in [1.807, 2.05) is 0 Å². The van der Waals surface area contributed by atoms with Gasteiger partial charge in [-0.2, -0.15) is 0 Å². The monoisotopic (exact) mass is 226 g/mol. The van der Waals surface area contributed by atoms with E-state index in [-0.39, 0.29) is 0 Å². The zero-order valence-electron chi connectivity index (χ0n) is 11.1. The third-order valence-electron chi connectivity index (χ3n) is 3.30. The lowest BCUT2D eigenvalue weighted by molar-refractivity contribution is -0.661. The quantitative estimate of drug-likeness (QED) is 0.691. The maximum atomic E-state index is 2.29. The Bertz CT molecular complexity index is 518. The summed E-state index contributed by atoms with van der Waals surface area (Å²) >= 11 is 0. The summed E-state index contributed by atoms with van der Waals surface area (Å²) in [6.45, 7) is 6.56. The summed E-state index contributed by atoms with van der Waals surface area (Å²) in [5.74, 6) is 0. The molecule has 0 unspecified atom stereocenters. The molecule has 1 nitrogen and oxygen atoms in total. The van der Waals surface area contributed by atoms with Crippen molar-refractivity contribution in [3.63, 3.8) is 0 Å². The summed E-state index contributed by atoms with van der Waals surface area (Å²) in [6, 6.07) is 10.9. The molecule has 0 aliphatic heterocycles. The van der Waals surface area contributed by atoms with Crippen LogP contribution in [0.1, 0.15) is 23.6 Å². The minimum absolute atomic E-state index is 1.09. The average Bonchev–Trinajstić information content (AvgIpc) is 2.30. The van der Waals surface area contributed by atoms with E-state index in [1.165, 1.54) is 27.9 Å². The van der Waals surface area contributed by atoms with E-state index in [0.29, 0.717) is 0 Å². The van der Waals surface area contributed by atoms with Gasteiger partial charge >= 0.3 is 0 Å². The highest BCUT2D eigenvalue weighted by Crippen LogP contribution is 2.23. The van der Waals surface area contributed by atoms with Crippen LogP contribution in [0.4, 0.5) is 0 Å². The standard InChI is InChI=1S/C16H20N/c1-5-14-10-13(3)16(17(4)11-14)15-9-7-6-8-12(15)2/h6-11H,5H2,1-4H3/q+1. The highest BCUT2D eigenvalue weighted by molar-refractivity contribution is 5.63. The first-order valence-corrected chi connectivity index (χ1v) is 6.18. The van der Waals surface area contributed by atoms with E-state index >= 15 is 0 Å². The fourth-order valence-corrected chi connectivity index (χ4v) is 2.41. The Labute approximate surface area is 104 Å². The molecule has 0 aliphatic rings. The van der Waals surface area contributed by atoms with E-state index in [1.54, 1.807) is 0 Å². The minimum atomic E-state index is 1.09. The molecule has 0 saturated carbocycles. The molecule has 0 atom stereocenters. The second-order valence-corrected chi connectivity index (χ2v) is 4.66. The lowest BCUT2D eigenvalue weighted by Crippen LogP contribution is -2.32. The molecule has 0 aliphatic carbocycles. The molecule has 0 N–H and O–H groups in total. The van der Waals surface area contributed by atoms with Crippen molar-refractivity contribution in [2.24, 2.45) is 7.05 Å². The van der Waals surface area contributed by atoms with Crippen molar-refractivity contribution in [2.45, 2.75) is 27.2 Å². The first-order chi connectivity index (χ1) is 8.13. The van der Waals surface area contributed by atoms with Crippen LogP contribution in [0, 0.1) is 13.8 Å². The number of benzene rings is 1. The van der Waals surface area contributed by atoms with Gasteiger partial charge in [0.15, 0.2) is 6.20 Å². The third kappa shape index (κ3) is 2.23. The number of nitrogens with zero attached hydrogens (tertiary/aromatic N) is 1. The molecule has 1 heterocycles. The molecule has 2 aromatic rings. The maximum absolute atomic E-state index is 2.29. The highest BCUT2D eigenvalue weighted by Gasteiger charge is 2.16. The molecular formula is C16H20N+. The largest absolute Gasteiger partial charge is 0.215 e. The molecule has 2 rings (SSSR count). The molecule has 0 radical (unpaired) electrons. The van der Waals surface area contributed by atoms with Gasteiger partial charge in [0.05, 0.1) is 0 Å². The summed E-state index contributed by atoms with van der Waals surface area (Å²) < 4.78 is 2.25. The Hall–Kier alpha value is -1.63. The zero-order valence-corrected chi connectivity index (χ0v) is 11.1. The van der Waals surface area contributed by atoms with Crippen LogP contribution in [0.2, 0.25) is 0 Å². The third-order valence-corrected chi connectivity index (χ3v) is 3.30. The van der Waals surface area contributed by atoms with E-state index in [9.17, 15) is 0 Å². The van der Waals surface area contributed by atoms with Crippen LogP contribution < -0.4 is 4.57 Å². The van der Waals surface area contributed by atoms with Gasteiger partial charge in [0.25, 0.3) is 0 Å². The Morgan fingerprint density at radius 1 is 1.06 bits per heavy atom. The SMILES string of the molecule is CCc1cc(C)c(-c2ccccc2C)[n+](C)c1. The number of rotatable bonds is 2. The summed E-state index contributed by atoms with van der Waals surface area (Å²) in [4.78, 5) is 0. The number of hydrogen-bond acceptors (Lipinski definition) is 0. The maximum Gasteiger partial charge on any atom is 0.215 e. The second-order valence-electron chi connectivity index (χ2n) is 4.66. The molecule has 0 spiro atoms. The lowest BCUT2D eigenvalue weighted by atomic mass is 10.00. The topological polar surface area (TPSA) is 3.88 Å². The molecule has 17 heavy (non-hydrogen) atoms. The smallest absolute Gasteiger partial charge is 0.201 e. The van der Waals surface area contributed by atoms with Crippen molar-refractivity contribution in [1.29, 1.82) is 0 Å². The average molecular weight is 226 g/mol. The summed E-state index contributed by atoms with van der Waals surface area (Å²) in [5.41, 5.74) is 6.72. The van der Waals surface area contributed by atoms with Crippen LogP contribution in [-0.4, -0.2) is 0 Å². The minimum Gasteiger partial charge on any atom is -0.201 e. The first kappa shape index (κ1) is 11.8. The van der Waals surface area contributed by atoms with Crippen LogP contribution >= 0.6 is 0 Å². The van der Waals surface area contributed by atoms with Crippen LogP contribution in [-0.2, 0) is 13.5 Å². The Balaban J connectivity index is 2.64. The molecular weight excluding hydrogens is 206 g/mol.